The van der Waals surface area contributed by atoms with Crippen molar-refractivity contribution in [2.45, 2.75) is 64.8 Å². The molecule has 1 aliphatic heterocycles. The van der Waals surface area contributed by atoms with E-state index in [1.165, 1.54) is 31.5 Å². The highest BCUT2D eigenvalue weighted by molar-refractivity contribution is 5.13. The molecule has 1 aromatic rings. The standard InChI is InChI=1S/C14H26N4/c1-4-7-14(8-6-9-15-11-14)13-17-16-12(3)18(13)10-5-2/h15H,4-11H2,1-3H3. The van der Waals surface area contributed by atoms with Crippen molar-refractivity contribution in [3.63, 3.8) is 0 Å². The lowest BCUT2D eigenvalue weighted by Crippen LogP contribution is -2.45. The van der Waals surface area contributed by atoms with Crippen molar-refractivity contribution in [1.82, 2.24) is 20.1 Å². The zero-order valence-corrected chi connectivity index (χ0v) is 12.0. The SMILES string of the molecule is CCCn1c(C)nnc1C1(CCC)CCCNC1. The third-order valence-electron chi connectivity index (χ3n) is 4.06. The van der Waals surface area contributed by atoms with E-state index >= 15 is 0 Å². The van der Waals surface area contributed by atoms with Gasteiger partial charge >= 0.3 is 0 Å². The van der Waals surface area contributed by atoms with Crippen LogP contribution in [0.4, 0.5) is 0 Å². The Bertz CT molecular complexity index is 372. The average Bonchev–Trinajstić information content (AvgIpc) is 2.74. The molecule has 1 unspecified atom stereocenters. The van der Waals surface area contributed by atoms with Gasteiger partial charge in [0.05, 0.1) is 0 Å². The van der Waals surface area contributed by atoms with Crippen molar-refractivity contribution in [1.29, 1.82) is 0 Å². The number of nitrogens with zero attached hydrogens (tertiary/aromatic N) is 3. The quantitative estimate of drug-likeness (QED) is 0.872. The van der Waals surface area contributed by atoms with E-state index in [2.05, 4.69) is 40.9 Å². The molecule has 18 heavy (non-hydrogen) atoms. The van der Waals surface area contributed by atoms with E-state index in [1.54, 1.807) is 0 Å². The minimum absolute atomic E-state index is 0.212. The van der Waals surface area contributed by atoms with Gasteiger partial charge in [-0.15, -0.1) is 10.2 Å². The van der Waals surface area contributed by atoms with Gasteiger partial charge in [0.15, 0.2) is 0 Å². The summed E-state index contributed by atoms with van der Waals surface area (Å²) in [7, 11) is 0. The summed E-state index contributed by atoms with van der Waals surface area (Å²) in [6, 6.07) is 0. The summed E-state index contributed by atoms with van der Waals surface area (Å²) < 4.78 is 2.34. The molecule has 1 saturated heterocycles. The van der Waals surface area contributed by atoms with Crippen molar-refractivity contribution in [3.05, 3.63) is 11.6 Å². The fourth-order valence-corrected chi connectivity index (χ4v) is 3.23. The van der Waals surface area contributed by atoms with Crippen LogP contribution in [0.5, 0.6) is 0 Å². The van der Waals surface area contributed by atoms with Gasteiger partial charge in [-0.2, -0.15) is 0 Å². The molecule has 0 aromatic carbocycles. The topological polar surface area (TPSA) is 42.7 Å². The van der Waals surface area contributed by atoms with Crippen LogP contribution < -0.4 is 5.32 Å². The molecule has 1 atom stereocenters. The fourth-order valence-electron chi connectivity index (χ4n) is 3.23. The van der Waals surface area contributed by atoms with Crippen LogP contribution >= 0.6 is 0 Å². The summed E-state index contributed by atoms with van der Waals surface area (Å²) in [6.45, 7) is 9.80. The van der Waals surface area contributed by atoms with E-state index in [9.17, 15) is 0 Å². The molecule has 0 radical (unpaired) electrons. The van der Waals surface area contributed by atoms with Crippen LogP contribution in [0.2, 0.25) is 0 Å². The molecule has 4 heteroatoms. The molecule has 1 aromatic heterocycles. The number of piperidine rings is 1. The number of hydrogen-bond donors (Lipinski definition) is 1. The number of nitrogens with one attached hydrogen (secondary N) is 1. The molecule has 1 N–H and O–H groups in total. The van der Waals surface area contributed by atoms with Gasteiger partial charge in [0.25, 0.3) is 0 Å². The lowest BCUT2D eigenvalue weighted by Gasteiger charge is -2.37. The van der Waals surface area contributed by atoms with Gasteiger partial charge in [0.2, 0.25) is 0 Å². The van der Waals surface area contributed by atoms with Gasteiger partial charge in [-0.3, -0.25) is 0 Å². The van der Waals surface area contributed by atoms with Crippen LogP contribution in [0.25, 0.3) is 0 Å². The monoisotopic (exact) mass is 250 g/mol. The highest BCUT2D eigenvalue weighted by Crippen LogP contribution is 2.35. The summed E-state index contributed by atoms with van der Waals surface area (Å²) in [5.74, 6) is 2.28. The number of aromatic nitrogens is 3. The Morgan fingerprint density at radius 1 is 1.28 bits per heavy atom. The average molecular weight is 250 g/mol. The van der Waals surface area contributed by atoms with Crippen molar-refractivity contribution < 1.29 is 0 Å². The van der Waals surface area contributed by atoms with Gasteiger partial charge < -0.3 is 9.88 Å². The highest BCUT2D eigenvalue weighted by atomic mass is 15.3. The molecule has 2 rings (SSSR count). The maximum atomic E-state index is 4.52. The smallest absolute Gasteiger partial charge is 0.140 e. The molecule has 0 aliphatic carbocycles. The third-order valence-corrected chi connectivity index (χ3v) is 4.06. The predicted octanol–water partition coefficient (Wildman–Crippen LogP) is 2.42. The van der Waals surface area contributed by atoms with Crippen LogP contribution in [0, 0.1) is 6.92 Å². The van der Waals surface area contributed by atoms with Crippen molar-refractivity contribution >= 4 is 0 Å². The van der Waals surface area contributed by atoms with Crippen LogP contribution in [-0.4, -0.2) is 27.9 Å². The maximum Gasteiger partial charge on any atom is 0.140 e. The van der Waals surface area contributed by atoms with Gasteiger partial charge in [-0.25, -0.2) is 0 Å². The molecular formula is C14H26N4. The summed E-state index contributed by atoms with van der Waals surface area (Å²) >= 11 is 0. The normalized spacial score (nSPS) is 24.4. The lowest BCUT2D eigenvalue weighted by atomic mass is 9.76. The highest BCUT2D eigenvalue weighted by Gasteiger charge is 2.37. The lowest BCUT2D eigenvalue weighted by molar-refractivity contribution is 0.266. The first kappa shape index (κ1) is 13.5. The van der Waals surface area contributed by atoms with E-state index < -0.39 is 0 Å². The summed E-state index contributed by atoms with van der Waals surface area (Å²) in [6.07, 6.45) is 6.05. The zero-order chi connectivity index (χ0) is 13.0. The Hall–Kier alpha value is -0.900. The maximum absolute atomic E-state index is 4.52. The second-order valence-electron chi connectivity index (χ2n) is 5.53. The zero-order valence-electron chi connectivity index (χ0n) is 12.0. The Balaban J connectivity index is 2.35. The Kier molecular flexibility index (Phi) is 4.38. The van der Waals surface area contributed by atoms with E-state index in [-0.39, 0.29) is 5.41 Å². The van der Waals surface area contributed by atoms with Crippen LogP contribution in [0.3, 0.4) is 0 Å². The summed E-state index contributed by atoms with van der Waals surface area (Å²) in [4.78, 5) is 0. The Morgan fingerprint density at radius 2 is 2.11 bits per heavy atom. The molecule has 0 bridgehead atoms. The van der Waals surface area contributed by atoms with Gasteiger partial charge in [0, 0.05) is 18.5 Å². The van der Waals surface area contributed by atoms with Gasteiger partial charge in [-0.1, -0.05) is 20.3 Å². The number of aryl methyl sites for hydroxylation is 1. The largest absolute Gasteiger partial charge is 0.316 e. The van der Waals surface area contributed by atoms with Crippen LogP contribution in [0.1, 0.15) is 57.6 Å². The fraction of sp³-hybridized carbons (Fsp3) is 0.857. The molecular weight excluding hydrogens is 224 g/mol. The van der Waals surface area contributed by atoms with E-state index in [4.69, 9.17) is 0 Å². The first-order valence-corrected chi connectivity index (χ1v) is 7.34. The number of hydrogen-bond acceptors (Lipinski definition) is 3. The molecule has 0 amide bonds. The third kappa shape index (κ3) is 2.44. The first-order valence-electron chi connectivity index (χ1n) is 7.34. The Labute approximate surface area is 110 Å². The van der Waals surface area contributed by atoms with Crippen molar-refractivity contribution in [2.24, 2.45) is 0 Å². The molecule has 102 valence electrons. The van der Waals surface area contributed by atoms with E-state index in [0.29, 0.717) is 0 Å². The molecule has 0 saturated carbocycles. The second kappa shape index (κ2) is 5.83. The molecule has 2 heterocycles. The molecule has 1 aliphatic rings. The molecule has 1 fully saturated rings. The predicted molar refractivity (Wildman–Crippen MR) is 73.7 cm³/mol. The molecule has 4 nitrogen and oxygen atoms in total. The first-order chi connectivity index (χ1) is 8.73. The van der Waals surface area contributed by atoms with Crippen LogP contribution in [-0.2, 0) is 12.0 Å². The van der Waals surface area contributed by atoms with Crippen molar-refractivity contribution in [2.75, 3.05) is 13.1 Å². The van der Waals surface area contributed by atoms with Gasteiger partial charge in [-0.05, 0) is 39.2 Å². The molecule has 0 spiro atoms. The van der Waals surface area contributed by atoms with Crippen LogP contribution in [0.15, 0.2) is 0 Å². The van der Waals surface area contributed by atoms with Gasteiger partial charge in [0.1, 0.15) is 11.6 Å². The summed E-state index contributed by atoms with van der Waals surface area (Å²) in [5.41, 5.74) is 0.212. The Morgan fingerprint density at radius 3 is 2.72 bits per heavy atom. The number of rotatable bonds is 5. The second-order valence-corrected chi connectivity index (χ2v) is 5.53. The minimum Gasteiger partial charge on any atom is -0.316 e. The van der Waals surface area contributed by atoms with E-state index in [1.807, 2.05) is 0 Å². The summed E-state index contributed by atoms with van der Waals surface area (Å²) in [5, 5.41) is 12.4. The minimum atomic E-state index is 0.212. The van der Waals surface area contributed by atoms with E-state index in [0.717, 1.165) is 31.9 Å². The van der Waals surface area contributed by atoms with Crippen molar-refractivity contribution in [3.8, 4) is 0 Å².